The van der Waals surface area contributed by atoms with Crippen LogP contribution in [0.2, 0.25) is 0 Å². The summed E-state index contributed by atoms with van der Waals surface area (Å²) in [7, 11) is 0. The summed E-state index contributed by atoms with van der Waals surface area (Å²) in [6.45, 7) is 4.58. The molecule has 0 radical (unpaired) electrons. The van der Waals surface area contributed by atoms with E-state index in [0.29, 0.717) is 41.9 Å². The van der Waals surface area contributed by atoms with Crippen LogP contribution in [0, 0.1) is 6.92 Å². The van der Waals surface area contributed by atoms with Crippen molar-refractivity contribution in [2.75, 3.05) is 13.2 Å². The monoisotopic (exact) mass is 444 g/mol. The third-order valence-corrected chi connectivity index (χ3v) is 4.80. The zero-order chi connectivity index (χ0) is 23.0. The van der Waals surface area contributed by atoms with E-state index in [1.54, 1.807) is 30.6 Å². The third kappa shape index (κ3) is 5.74. The van der Waals surface area contributed by atoms with E-state index in [4.69, 9.17) is 14.0 Å². The summed E-state index contributed by atoms with van der Waals surface area (Å²) in [5.74, 6) is 1.59. The Labute approximate surface area is 191 Å². The number of aromatic nitrogens is 3. The molecule has 0 spiro atoms. The summed E-state index contributed by atoms with van der Waals surface area (Å²) >= 11 is 0. The average Bonchev–Trinajstić information content (AvgIpc) is 3.33. The minimum atomic E-state index is -0.244. The van der Waals surface area contributed by atoms with Crippen LogP contribution in [0.4, 0.5) is 0 Å². The fourth-order valence-corrected chi connectivity index (χ4v) is 3.09. The van der Waals surface area contributed by atoms with Crippen molar-refractivity contribution in [1.82, 2.24) is 20.4 Å². The second kappa shape index (κ2) is 10.4. The predicted octanol–water partition coefficient (Wildman–Crippen LogP) is 4.20. The summed E-state index contributed by atoms with van der Waals surface area (Å²) in [6, 6.07) is 16.9. The first-order valence-electron chi connectivity index (χ1n) is 10.6. The minimum Gasteiger partial charge on any atom is -0.490 e. The molecule has 33 heavy (non-hydrogen) atoms. The van der Waals surface area contributed by atoms with Crippen LogP contribution in [0.25, 0.3) is 22.8 Å². The highest BCUT2D eigenvalue weighted by atomic mass is 16.5. The van der Waals surface area contributed by atoms with Crippen LogP contribution in [0.5, 0.6) is 11.5 Å². The van der Waals surface area contributed by atoms with E-state index in [1.165, 1.54) is 0 Å². The molecule has 0 bridgehead atoms. The Morgan fingerprint density at radius 2 is 1.85 bits per heavy atom. The molecule has 0 aliphatic rings. The Morgan fingerprint density at radius 1 is 1.03 bits per heavy atom. The molecule has 0 atom stereocenters. The molecular formula is C25H24N4O4. The largest absolute Gasteiger partial charge is 0.490 e. The Morgan fingerprint density at radius 3 is 2.61 bits per heavy atom. The zero-order valence-corrected chi connectivity index (χ0v) is 18.4. The highest BCUT2D eigenvalue weighted by Crippen LogP contribution is 2.32. The molecule has 0 aliphatic heterocycles. The maximum Gasteiger partial charge on any atom is 0.258 e. The smallest absolute Gasteiger partial charge is 0.258 e. The van der Waals surface area contributed by atoms with E-state index < -0.39 is 0 Å². The number of nitrogens with one attached hydrogen (secondary N) is 1. The molecule has 0 aliphatic carbocycles. The van der Waals surface area contributed by atoms with Crippen molar-refractivity contribution in [3.05, 3.63) is 78.1 Å². The number of pyridine rings is 1. The van der Waals surface area contributed by atoms with Gasteiger partial charge in [0, 0.05) is 30.1 Å². The van der Waals surface area contributed by atoms with Crippen molar-refractivity contribution in [3.63, 3.8) is 0 Å². The van der Waals surface area contributed by atoms with Gasteiger partial charge in [-0.2, -0.15) is 4.98 Å². The van der Waals surface area contributed by atoms with E-state index >= 15 is 0 Å². The summed E-state index contributed by atoms with van der Waals surface area (Å²) < 4.78 is 16.8. The Bertz CT molecular complexity index is 1210. The quantitative estimate of drug-likeness (QED) is 0.413. The molecule has 2 aromatic carbocycles. The number of benzene rings is 2. The highest BCUT2D eigenvalue weighted by molar-refractivity contribution is 5.77. The topological polar surface area (TPSA) is 99.4 Å². The van der Waals surface area contributed by atoms with Crippen molar-refractivity contribution in [1.29, 1.82) is 0 Å². The lowest BCUT2D eigenvalue weighted by Crippen LogP contribution is -2.28. The average molecular weight is 444 g/mol. The van der Waals surface area contributed by atoms with Gasteiger partial charge in [0.05, 0.1) is 6.61 Å². The maximum absolute atomic E-state index is 12.2. The summed E-state index contributed by atoms with van der Waals surface area (Å²) in [4.78, 5) is 20.7. The number of aryl methyl sites for hydroxylation is 1. The molecule has 8 nitrogen and oxygen atoms in total. The van der Waals surface area contributed by atoms with Gasteiger partial charge in [0.25, 0.3) is 11.8 Å². The SMILES string of the molecule is CCOc1cc(-c2noc(-c3ccc(C)cc3)n2)ccc1OCC(=O)NCc1cccnc1. The van der Waals surface area contributed by atoms with E-state index in [9.17, 15) is 4.79 Å². The fourth-order valence-electron chi connectivity index (χ4n) is 3.09. The number of rotatable bonds is 9. The first-order valence-corrected chi connectivity index (χ1v) is 10.6. The highest BCUT2D eigenvalue weighted by Gasteiger charge is 2.15. The van der Waals surface area contributed by atoms with E-state index in [1.807, 2.05) is 50.2 Å². The third-order valence-electron chi connectivity index (χ3n) is 4.80. The minimum absolute atomic E-state index is 0.139. The van der Waals surface area contributed by atoms with Crippen molar-refractivity contribution in [3.8, 4) is 34.3 Å². The number of carbonyl (C=O) groups is 1. The van der Waals surface area contributed by atoms with Gasteiger partial charge in [0.15, 0.2) is 18.1 Å². The number of amides is 1. The molecule has 4 rings (SSSR count). The van der Waals surface area contributed by atoms with Crippen molar-refractivity contribution >= 4 is 5.91 Å². The Balaban J connectivity index is 1.43. The number of carbonyl (C=O) groups excluding carboxylic acids is 1. The van der Waals surface area contributed by atoms with Gasteiger partial charge < -0.3 is 19.3 Å². The lowest BCUT2D eigenvalue weighted by molar-refractivity contribution is -0.123. The van der Waals surface area contributed by atoms with Gasteiger partial charge in [-0.3, -0.25) is 9.78 Å². The molecule has 2 heterocycles. The van der Waals surface area contributed by atoms with Crippen LogP contribution in [0.15, 0.2) is 71.5 Å². The van der Waals surface area contributed by atoms with Crippen LogP contribution in [0.1, 0.15) is 18.1 Å². The number of nitrogens with zero attached hydrogens (tertiary/aromatic N) is 3. The maximum atomic E-state index is 12.2. The van der Waals surface area contributed by atoms with Crippen molar-refractivity contribution in [2.45, 2.75) is 20.4 Å². The first-order chi connectivity index (χ1) is 16.1. The van der Waals surface area contributed by atoms with Crippen LogP contribution in [0.3, 0.4) is 0 Å². The predicted molar refractivity (Wildman–Crippen MR) is 123 cm³/mol. The molecule has 0 fully saturated rings. The molecule has 2 aromatic heterocycles. The van der Waals surface area contributed by atoms with E-state index in [-0.39, 0.29) is 12.5 Å². The fraction of sp³-hybridized carbons (Fsp3) is 0.200. The van der Waals surface area contributed by atoms with Gasteiger partial charge in [-0.1, -0.05) is 28.9 Å². The molecular weight excluding hydrogens is 420 g/mol. The summed E-state index contributed by atoms with van der Waals surface area (Å²) in [6.07, 6.45) is 3.39. The van der Waals surface area contributed by atoms with Crippen LogP contribution in [-0.4, -0.2) is 34.2 Å². The molecule has 1 amide bonds. The van der Waals surface area contributed by atoms with E-state index in [2.05, 4.69) is 20.4 Å². The van der Waals surface area contributed by atoms with Crippen molar-refractivity contribution in [2.24, 2.45) is 0 Å². The van der Waals surface area contributed by atoms with Gasteiger partial charge in [-0.05, 0) is 55.8 Å². The normalized spacial score (nSPS) is 10.6. The zero-order valence-electron chi connectivity index (χ0n) is 18.4. The van der Waals surface area contributed by atoms with Gasteiger partial charge in [0.2, 0.25) is 5.82 Å². The Kier molecular flexibility index (Phi) is 6.94. The molecule has 8 heteroatoms. The second-order valence-corrected chi connectivity index (χ2v) is 7.31. The van der Waals surface area contributed by atoms with E-state index in [0.717, 1.165) is 16.7 Å². The number of ether oxygens (including phenoxy) is 2. The van der Waals surface area contributed by atoms with Crippen LogP contribution in [-0.2, 0) is 11.3 Å². The molecule has 1 N–H and O–H groups in total. The molecule has 168 valence electrons. The van der Waals surface area contributed by atoms with Crippen LogP contribution < -0.4 is 14.8 Å². The van der Waals surface area contributed by atoms with Crippen LogP contribution >= 0.6 is 0 Å². The lowest BCUT2D eigenvalue weighted by atomic mass is 10.1. The van der Waals surface area contributed by atoms with Gasteiger partial charge in [0.1, 0.15) is 0 Å². The number of hydrogen-bond donors (Lipinski definition) is 1. The number of hydrogen-bond acceptors (Lipinski definition) is 7. The molecule has 0 saturated heterocycles. The first kappa shape index (κ1) is 22.0. The summed E-state index contributed by atoms with van der Waals surface area (Å²) in [5.41, 5.74) is 3.63. The van der Waals surface area contributed by atoms with Gasteiger partial charge >= 0.3 is 0 Å². The van der Waals surface area contributed by atoms with Gasteiger partial charge in [-0.15, -0.1) is 0 Å². The standard InChI is InChI=1S/C25H24N4O4/c1-3-31-22-13-20(24-28-25(33-29-24)19-8-6-17(2)7-9-19)10-11-21(22)32-16-23(30)27-15-18-5-4-12-26-14-18/h4-14H,3,15-16H2,1-2H3,(H,27,30). The Hall–Kier alpha value is -4.20. The van der Waals surface area contributed by atoms with Gasteiger partial charge in [-0.25, -0.2) is 0 Å². The molecule has 0 saturated carbocycles. The lowest BCUT2D eigenvalue weighted by Gasteiger charge is -2.12. The molecule has 4 aromatic rings. The summed E-state index contributed by atoms with van der Waals surface area (Å²) in [5, 5.41) is 6.89. The second-order valence-electron chi connectivity index (χ2n) is 7.31. The van der Waals surface area contributed by atoms with Crippen molar-refractivity contribution < 1.29 is 18.8 Å². The molecule has 0 unspecified atom stereocenters.